The van der Waals surface area contributed by atoms with Crippen molar-refractivity contribution in [2.24, 2.45) is 121 Å². The molecular weight excluding hydrogens is 1420 g/mol. The summed E-state index contributed by atoms with van der Waals surface area (Å²) < 4.78 is 44.7. The van der Waals surface area contributed by atoms with E-state index in [2.05, 4.69) is 55.4 Å². The van der Waals surface area contributed by atoms with E-state index in [9.17, 15) is 33.6 Å². The summed E-state index contributed by atoms with van der Waals surface area (Å²) >= 11 is 0. The molecule has 0 saturated heterocycles. The molecule has 0 aromatic heterocycles. The molecule has 0 amide bonds. The van der Waals surface area contributed by atoms with E-state index in [1.165, 1.54) is 116 Å². The fourth-order valence-electron chi connectivity index (χ4n) is 21.0. The highest BCUT2D eigenvalue weighted by Gasteiger charge is 2.65. The van der Waals surface area contributed by atoms with Crippen molar-refractivity contribution in [3.63, 3.8) is 0 Å². The van der Waals surface area contributed by atoms with Crippen molar-refractivity contribution < 1.29 is 71.5 Å². The zero-order valence-corrected chi connectivity index (χ0v) is 75.8. The maximum atomic E-state index is 12.3. The lowest BCUT2D eigenvalue weighted by Gasteiger charge is -2.39. The van der Waals surface area contributed by atoms with Crippen molar-refractivity contribution in [1.29, 1.82) is 0 Å². The van der Waals surface area contributed by atoms with Crippen LogP contribution in [0.2, 0.25) is 0 Å². The largest absolute Gasteiger partial charge is 0.490 e. The van der Waals surface area contributed by atoms with Gasteiger partial charge in [0.2, 0.25) is 0 Å². The average Bonchev–Trinajstić information content (AvgIpc) is 1.56. The van der Waals surface area contributed by atoms with Gasteiger partial charge in [0.15, 0.2) is 0 Å². The molecule has 12 aliphatic carbocycles. The summed E-state index contributed by atoms with van der Waals surface area (Å²) in [5.41, 5.74) is 0.0519. The fourth-order valence-corrected chi connectivity index (χ4v) is 21.0. The van der Waals surface area contributed by atoms with Gasteiger partial charge < -0.3 is 37.9 Å². The first-order valence-corrected chi connectivity index (χ1v) is 46.3. The summed E-state index contributed by atoms with van der Waals surface area (Å²) in [4.78, 5) is 82.7. The number of ether oxygens (including phenoxy) is 8. The van der Waals surface area contributed by atoms with Gasteiger partial charge in [0, 0.05) is 10.8 Å². The number of benzene rings is 1. The number of hydrogen-bond acceptors (Lipinski definition) is 15. The molecule has 0 radical (unpaired) electrons. The molecule has 20 atom stereocenters. The van der Waals surface area contributed by atoms with E-state index in [0.717, 1.165) is 149 Å². The minimum Gasteiger partial charge on any atom is -0.490 e. The molecule has 8 bridgehead atoms. The second-order valence-electron chi connectivity index (χ2n) is 40.9. The van der Waals surface area contributed by atoms with Crippen LogP contribution < -0.4 is 4.74 Å². The summed E-state index contributed by atoms with van der Waals surface area (Å²) in [6, 6.07) is 9.48. The minimum atomic E-state index is -0.345. The van der Waals surface area contributed by atoms with Crippen LogP contribution in [0, 0.1) is 121 Å². The van der Waals surface area contributed by atoms with E-state index in [4.69, 9.17) is 37.9 Å². The lowest BCUT2D eigenvalue weighted by Crippen LogP contribution is -2.40. The fraction of sp³-hybridized carbons (Fsp3) is 0.867. The van der Waals surface area contributed by atoms with Gasteiger partial charge in [-0.1, -0.05) is 162 Å². The Morgan fingerprint density at radius 1 is 0.372 bits per heavy atom. The lowest BCUT2D eigenvalue weighted by atomic mass is 9.70. The van der Waals surface area contributed by atoms with Crippen LogP contribution in [0.4, 0.5) is 0 Å². The van der Waals surface area contributed by atoms with Crippen LogP contribution >= 0.6 is 0 Å². The van der Waals surface area contributed by atoms with Crippen LogP contribution in [0.25, 0.3) is 0 Å². The molecule has 12 aliphatic rings. The molecule has 15 nitrogen and oxygen atoms in total. The number of fused-ring (bicyclic) bond motifs is 14. The number of hydrogen-bond donors (Lipinski definition) is 0. The van der Waals surface area contributed by atoms with Crippen molar-refractivity contribution in [1.82, 2.24) is 0 Å². The third-order valence-corrected chi connectivity index (χ3v) is 32.6. The molecule has 15 heteroatoms. The Morgan fingerprint density at radius 2 is 0.735 bits per heavy atom. The average molecular weight is 1580 g/mol. The highest BCUT2D eigenvalue weighted by molar-refractivity contribution is 5.77. The third-order valence-electron chi connectivity index (χ3n) is 32.6. The molecule has 12 saturated carbocycles. The molecule has 20 unspecified atom stereocenters. The quantitative estimate of drug-likeness (QED) is 0.0538. The normalized spacial score (nSPS) is 32.0. The van der Waals surface area contributed by atoms with E-state index in [0.29, 0.717) is 35.9 Å². The van der Waals surface area contributed by atoms with Crippen molar-refractivity contribution >= 4 is 41.8 Å². The molecule has 12 fully saturated rings. The third kappa shape index (κ3) is 23.9. The van der Waals surface area contributed by atoms with Gasteiger partial charge in [-0.15, -0.1) is 0 Å². The van der Waals surface area contributed by atoms with Gasteiger partial charge in [-0.05, 0) is 310 Å². The Labute approximate surface area is 687 Å². The molecular formula is C98H164O15. The highest BCUT2D eigenvalue weighted by atomic mass is 16.6. The summed E-state index contributed by atoms with van der Waals surface area (Å²) in [6.45, 7) is 48.6. The Morgan fingerprint density at radius 3 is 1.13 bits per heavy atom. The smallest absolute Gasteiger partial charge is 0.311 e. The second-order valence-corrected chi connectivity index (χ2v) is 40.9. The molecule has 0 spiro atoms. The molecule has 0 N–H and O–H groups in total. The van der Waals surface area contributed by atoms with Crippen LogP contribution in [-0.2, 0) is 66.7 Å². The van der Waals surface area contributed by atoms with Gasteiger partial charge in [0.25, 0.3) is 0 Å². The van der Waals surface area contributed by atoms with E-state index in [1.54, 1.807) is 0 Å². The Bertz CT molecular complexity index is 3140. The molecule has 0 heterocycles. The molecule has 646 valence electrons. The zero-order valence-electron chi connectivity index (χ0n) is 75.8. The number of rotatable bonds is 24. The van der Waals surface area contributed by atoms with Gasteiger partial charge in [0.05, 0.1) is 39.9 Å². The molecule has 113 heavy (non-hydrogen) atoms. The number of esters is 7. The van der Waals surface area contributed by atoms with Crippen LogP contribution in [0.1, 0.15) is 371 Å². The van der Waals surface area contributed by atoms with Crippen molar-refractivity contribution in [3.05, 3.63) is 30.3 Å². The summed E-state index contributed by atoms with van der Waals surface area (Å²) in [5, 5.41) is 0. The first-order chi connectivity index (χ1) is 53.2. The van der Waals surface area contributed by atoms with E-state index in [1.807, 2.05) is 134 Å². The van der Waals surface area contributed by atoms with Crippen LogP contribution in [0.5, 0.6) is 5.75 Å². The summed E-state index contributed by atoms with van der Waals surface area (Å²) in [7, 11) is 0. The maximum absolute atomic E-state index is 12.3. The topological polar surface area (TPSA) is 193 Å². The first kappa shape index (κ1) is 95.5. The first-order valence-electron chi connectivity index (χ1n) is 46.3. The predicted molar refractivity (Wildman–Crippen MR) is 451 cm³/mol. The van der Waals surface area contributed by atoms with Gasteiger partial charge in [-0.2, -0.15) is 0 Å². The van der Waals surface area contributed by atoms with Gasteiger partial charge >= 0.3 is 41.8 Å². The molecule has 13 rings (SSSR count). The summed E-state index contributed by atoms with van der Waals surface area (Å²) in [6.07, 6.45) is 39.5. The Kier molecular flexibility index (Phi) is 35.7. The Hall–Kier alpha value is -4.69. The van der Waals surface area contributed by atoms with Gasteiger partial charge in [0.1, 0.15) is 55.6 Å². The lowest BCUT2D eigenvalue weighted by molar-refractivity contribution is -0.168. The molecule has 1 aromatic rings. The van der Waals surface area contributed by atoms with E-state index in [-0.39, 0.29) is 129 Å². The Balaban J connectivity index is 0.000000183. The molecule has 0 aliphatic heterocycles. The van der Waals surface area contributed by atoms with Gasteiger partial charge in [-0.25, -0.2) is 0 Å². The SMILES string of the molecule is CCC(C)(C)C(=O)OC1CC2CC1C1CCCC21.CCC(C)(C)C(=O)OC1CC2CCC1(C)C2(C)C.CCC(C)(C)C(=O)OC1CCCCC1.CCC(C)C(=O)OC1CC2CC1C1CCCC21.CCC(C)C(=O)OC1CC2CCC1(C)C2(C)C.CCC(C)C(=O)OC1CCCCC1.CCC(C)C(=O)OCCOc1ccccc1. The maximum Gasteiger partial charge on any atom is 0.311 e. The monoisotopic (exact) mass is 1580 g/mol. The van der Waals surface area contributed by atoms with E-state index < -0.39 is 0 Å². The number of para-hydroxylation sites is 1. The highest BCUT2D eigenvalue weighted by Crippen LogP contribution is 2.68. The number of carbonyl (C=O) groups is 7. The summed E-state index contributed by atoms with van der Waals surface area (Å²) in [5.74, 6) is 9.17. The standard InChI is InChI=1S/C16H26O2.C16H28O2.C15H24O2.C15H26O2.C13H18O3.C12H22O2.C11H20O2/c1-4-16(2,3)15(17)18-14-9-10-8-13(14)12-7-5-6-11(10)12;1-7-14(2,3)13(17)18-12-10-11-8-9-16(12,6)15(11,4)5;1-3-9(2)15(16)17-14-8-10-7-13(14)12-6-4-5-11(10)12;1-6-10(2)13(16)17-12-9-11-7-8-15(12,5)14(11,3)4;1-3-11(2)13(14)16-10-9-15-12-7-5-4-6-8-12;1-4-12(2,3)11(13)14-10-8-6-5-7-9-10;1-3-9(2)11(12)13-10-7-5-4-6-8-10/h10-14H,4-9H2,1-3H3;11-12H,7-10H2,1-6H3;9-14H,3-8H2,1-2H3;10-12H,6-9H2,1-5H3;4-8,11H,3,9-10H2,1-2H3;10H,4-9H2,1-3H3;9-10H,3-8H2,1-2H3. The number of carbonyl (C=O) groups excluding carboxylic acids is 7. The van der Waals surface area contributed by atoms with Crippen LogP contribution in [-0.4, -0.2) is 91.6 Å². The van der Waals surface area contributed by atoms with Crippen LogP contribution in [0.15, 0.2) is 30.3 Å². The molecule has 1 aromatic carbocycles. The van der Waals surface area contributed by atoms with E-state index >= 15 is 0 Å². The van der Waals surface area contributed by atoms with Crippen molar-refractivity contribution in [2.45, 2.75) is 408 Å². The van der Waals surface area contributed by atoms with Crippen molar-refractivity contribution in [2.75, 3.05) is 13.2 Å². The zero-order chi connectivity index (χ0) is 83.6. The van der Waals surface area contributed by atoms with Gasteiger partial charge in [-0.3, -0.25) is 33.6 Å². The predicted octanol–water partition coefficient (Wildman–Crippen LogP) is 24.0. The van der Waals surface area contributed by atoms with Crippen LogP contribution in [0.3, 0.4) is 0 Å². The van der Waals surface area contributed by atoms with Crippen molar-refractivity contribution in [3.8, 4) is 5.75 Å². The minimum absolute atomic E-state index is 0.00192. The second kappa shape index (κ2) is 42.3.